The number of carboxylic acid groups (broad SMARTS) is 1. The molecule has 1 fully saturated rings. The van der Waals surface area contributed by atoms with Crippen molar-refractivity contribution in [2.24, 2.45) is 0 Å². The molecule has 0 radical (unpaired) electrons. The normalized spacial score (nSPS) is 15.0. The Morgan fingerprint density at radius 3 is 2.33 bits per heavy atom. The van der Waals surface area contributed by atoms with Crippen LogP contribution < -0.4 is 19.5 Å². The van der Waals surface area contributed by atoms with Gasteiger partial charge in [-0.1, -0.05) is 59.6 Å². The molecule has 1 unspecified atom stereocenters. The first-order valence-electron chi connectivity index (χ1n) is 15.9. The molecule has 1 aliphatic rings. The molecule has 2 aromatic carbocycles. The van der Waals surface area contributed by atoms with Crippen LogP contribution >= 0.6 is 34.5 Å². The molecule has 0 spiro atoms. The van der Waals surface area contributed by atoms with Crippen molar-refractivity contribution >= 4 is 46.5 Å². The maximum absolute atomic E-state index is 13.1. The van der Waals surface area contributed by atoms with E-state index in [1.807, 2.05) is 42.5 Å². The number of aromatic carboxylic acids is 1. The molecule has 49 heavy (non-hydrogen) atoms. The fraction of sp³-hybridized carbons (Fsp3) is 0.361. The summed E-state index contributed by atoms with van der Waals surface area (Å²) in [6.07, 6.45) is 4.27. The molecule has 5 rings (SSSR count). The molecule has 1 aliphatic heterocycles. The number of piperidine rings is 1. The molecule has 0 aliphatic carbocycles. The van der Waals surface area contributed by atoms with Crippen LogP contribution in [0.25, 0.3) is 0 Å². The van der Waals surface area contributed by atoms with Gasteiger partial charge in [0, 0.05) is 42.0 Å². The van der Waals surface area contributed by atoms with Gasteiger partial charge in [0.2, 0.25) is 0 Å². The van der Waals surface area contributed by atoms with Gasteiger partial charge in [0.05, 0.1) is 20.6 Å². The van der Waals surface area contributed by atoms with Crippen molar-refractivity contribution in [2.45, 2.75) is 50.3 Å². The maximum Gasteiger partial charge on any atom is 0.346 e. The molecule has 10 nitrogen and oxygen atoms in total. The van der Waals surface area contributed by atoms with Crippen LogP contribution in [0, 0.1) is 5.21 Å². The first kappa shape index (κ1) is 36.4. The highest BCUT2D eigenvalue weighted by molar-refractivity contribution is 7.14. The summed E-state index contributed by atoms with van der Waals surface area (Å²) in [6.45, 7) is 2.07. The van der Waals surface area contributed by atoms with Gasteiger partial charge in [-0.3, -0.25) is 4.79 Å². The average molecular weight is 729 g/mol. The number of aromatic nitrogens is 1. The molecule has 2 atom stereocenters. The van der Waals surface area contributed by atoms with E-state index in [-0.39, 0.29) is 45.9 Å². The second kappa shape index (κ2) is 16.7. The zero-order chi connectivity index (χ0) is 35.1. The highest BCUT2D eigenvalue weighted by atomic mass is 35.5. The number of nitrogens with zero attached hydrogens (tertiary/aromatic N) is 2. The largest absolute Gasteiger partial charge is 0.619 e. The van der Waals surface area contributed by atoms with Crippen LogP contribution in [0.3, 0.4) is 0 Å². The summed E-state index contributed by atoms with van der Waals surface area (Å²) in [5.74, 6) is -0.912. The van der Waals surface area contributed by atoms with E-state index in [1.165, 1.54) is 26.6 Å². The molecule has 3 heterocycles. The Labute approximate surface area is 299 Å². The number of hydrogen-bond acceptors (Lipinski definition) is 9. The number of esters is 1. The van der Waals surface area contributed by atoms with Gasteiger partial charge in [-0.15, -0.1) is 11.3 Å². The molecular weight excluding hydrogens is 689 g/mol. The molecule has 1 saturated heterocycles. The van der Waals surface area contributed by atoms with Crippen LogP contribution in [0.1, 0.15) is 68.0 Å². The number of halogens is 2. The number of carboxylic acids is 1. The minimum absolute atomic E-state index is 0.0999. The van der Waals surface area contributed by atoms with E-state index in [0.29, 0.717) is 33.9 Å². The van der Waals surface area contributed by atoms with Gasteiger partial charge < -0.3 is 34.7 Å². The average Bonchev–Trinajstić information content (AvgIpc) is 3.52. The van der Waals surface area contributed by atoms with E-state index in [2.05, 4.69) is 17.3 Å². The predicted octanol–water partition coefficient (Wildman–Crippen LogP) is 6.64. The van der Waals surface area contributed by atoms with Crippen molar-refractivity contribution in [3.05, 3.63) is 114 Å². The van der Waals surface area contributed by atoms with E-state index in [1.54, 1.807) is 12.1 Å². The monoisotopic (exact) mass is 727 g/mol. The van der Waals surface area contributed by atoms with Crippen LogP contribution in [-0.4, -0.2) is 62.4 Å². The van der Waals surface area contributed by atoms with E-state index >= 15 is 0 Å². The first-order chi connectivity index (χ1) is 23.6. The fourth-order valence-corrected chi connectivity index (χ4v) is 7.71. The molecule has 4 aromatic rings. The van der Waals surface area contributed by atoms with Gasteiger partial charge in [-0.2, -0.15) is 4.73 Å². The number of ether oxygens (including phenoxy) is 3. The predicted molar refractivity (Wildman–Crippen MR) is 189 cm³/mol. The van der Waals surface area contributed by atoms with Crippen molar-refractivity contribution in [3.8, 4) is 11.5 Å². The molecule has 2 aromatic heterocycles. The van der Waals surface area contributed by atoms with Gasteiger partial charge in [0.1, 0.15) is 21.0 Å². The van der Waals surface area contributed by atoms with Crippen molar-refractivity contribution in [3.63, 3.8) is 0 Å². The molecule has 260 valence electrons. The Bertz CT molecular complexity index is 1740. The Morgan fingerprint density at radius 1 is 1.02 bits per heavy atom. The van der Waals surface area contributed by atoms with Crippen molar-refractivity contribution in [2.75, 3.05) is 34.4 Å². The number of carbonyl (C=O) groups is 2. The zero-order valence-corrected chi connectivity index (χ0v) is 29.8. The second-order valence-electron chi connectivity index (χ2n) is 12.0. The van der Waals surface area contributed by atoms with E-state index < -0.39 is 11.9 Å². The second-order valence-corrected chi connectivity index (χ2v) is 14.0. The summed E-state index contributed by atoms with van der Waals surface area (Å²) in [5, 5.41) is 26.2. The van der Waals surface area contributed by atoms with Crippen LogP contribution in [-0.2, 0) is 22.5 Å². The summed E-state index contributed by atoms with van der Waals surface area (Å²) >= 11 is 14.2. The van der Waals surface area contributed by atoms with Crippen molar-refractivity contribution in [1.29, 1.82) is 0 Å². The lowest BCUT2D eigenvalue weighted by molar-refractivity contribution is -0.605. The molecule has 0 saturated carbocycles. The Hall–Kier alpha value is -3.87. The minimum Gasteiger partial charge on any atom is -0.619 e. The topological polar surface area (TPSA) is 124 Å². The smallest absolute Gasteiger partial charge is 0.346 e. The van der Waals surface area contributed by atoms with Gasteiger partial charge in [-0.05, 0) is 61.2 Å². The van der Waals surface area contributed by atoms with Crippen LogP contribution in [0.5, 0.6) is 11.5 Å². The van der Waals surface area contributed by atoms with Crippen LogP contribution in [0.15, 0.2) is 67.0 Å². The van der Waals surface area contributed by atoms with Gasteiger partial charge in [-0.25, -0.2) is 4.79 Å². The summed E-state index contributed by atoms with van der Waals surface area (Å²) < 4.78 is 17.4. The molecule has 13 heteroatoms. The number of thiophene rings is 1. The quantitative estimate of drug-likeness (QED) is 0.0836. The molecular formula is C36H39Cl2N3O7S. The van der Waals surface area contributed by atoms with Gasteiger partial charge in [0.25, 0.3) is 0 Å². The van der Waals surface area contributed by atoms with E-state index in [9.17, 15) is 19.9 Å². The number of pyridine rings is 1. The zero-order valence-electron chi connectivity index (χ0n) is 27.5. The Kier molecular flexibility index (Phi) is 12.4. The van der Waals surface area contributed by atoms with Gasteiger partial charge in [0.15, 0.2) is 23.9 Å². The number of carbonyl (C=O) groups excluding carboxylic acids is 1. The lowest BCUT2D eigenvalue weighted by Gasteiger charge is -2.29. The van der Waals surface area contributed by atoms with Crippen LogP contribution in [0.4, 0.5) is 0 Å². The summed E-state index contributed by atoms with van der Waals surface area (Å²) in [7, 11) is 5.12. The molecule has 0 amide bonds. The number of nitrogens with one attached hydrogen (secondary N) is 1. The highest BCUT2D eigenvalue weighted by Gasteiger charge is 2.29. The number of hydrogen-bond donors (Lipinski definition) is 2. The SMILES string of the molecule is COc1ccc([C@H](Cc2c(Cl)c[n+]([O-])cc2Cl)c2cc(CNC(CC(=O)OC3CCN(C)CC3)c3ccccc3)sc2C(=O)O)cc1OC. The fourth-order valence-electron chi connectivity index (χ4n) is 6.10. The Balaban J connectivity index is 1.45. The number of methoxy groups -OCH3 is 2. The van der Waals surface area contributed by atoms with Gasteiger partial charge >= 0.3 is 11.9 Å². The lowest BCUT2D eigenvalue weighted by Crippen LogP contribution is -2.36. The molecule has 0 bridgehead atoms. The summed E-state index contributed by atoms with van der Waals surface area (Å²) in [6, 6.07) is 16.5. The number of likely N-dealkylation sites (tertiary alicyclic amines) is 1. The highest BCUT2D eigenvalue weighted by Crippen LogP contribution is 2.41. The van der Waals surface area contributed by atoms with Crippen molar-refractivity contribution in [1.82, 2.24) is 10.2 Å². The van der Waals surface area contributed by atoms with Crippen LogP contribution in [0.2, 0.25) is 10.0 Å². The lowest BCUT2D eigenvalue weighted by atomic mass is 9.85. The first-order valence-corrected chi connectivity index (χ1v) is 17.4. The molecule has 2 N–H and O–H groups in total. The Morgan fingerprint density at radius 2 is 1.69 bits per heavy atom. The van der Waals surface area contributed by atoms with E-state index in [0.717, 1.165) is 53.3 Å². The summed E-state index contributed by atoms with van der Waals surface area (Å²) in [5.41, 5.74) is 2.71. The third-order valence-electron chi connectivity index (χ3n) is 8.72. The third-order valence-corrected chi connectivity index (χ3v) is 10.5. The standard InChI is InChI=1S/C36H39Cl2N3O7S/c1-40-13-11-24(12-14-40)48-34(42)18-31(22-7-5-4-6-8-22)39-19-25-16-27(35(49-25)36(43)44)26(17-28-29(37)20-41(45)21-30(28)38)23-9-10-32(46-2)33(15-23)47-3/h4-10,15-16,20-21,24,26,31,39H,11-14,17-19H2,1-3H3,(H,43,44)/t26-,31?/m0/s1. The number of rotatable bonds is 14. The van der Waals surface area contributed by atoms with Crippen molar-refractivity contribution < 1.29 is 33.6 Å². The van der Waals surface area contributed by atoms with E-state index in [4.69, 9.17) is 37.4 Å². The third kappa shape index (κ3) is 9.23. The minimum atomic E-state index is -1.08. The number of benzene rings is 2. The maximum atomic E-state index is 13.1. The summed E-state index contributed by atoms with van der Waals surface area (Å²) in [4.78, 5) is 29.0.